The molecule has 1 N–H and O–H groups in total. The van der Waals surface area contributed by atoms with E-state index in [-0.39, 0.29) is 23.9 Å². The zero-order valence-corrected chi connectivity index (χ0v) is 25.1. The van der Waals surface area contributed by atoms with Crippen molar-refractivity contribution in [2.45, 2.75) is 32.4 Å². The fourth-order valence-corrected chi connectivity index (χ4v) is 7.19. The number of allylic oxidation sites excluding steroid dienone is 1. The number of hydrogen-bond acceptors (Lipinski definition) is 5. The first-order chi connectivity index (χ1) is 21.5. The Morgan fingerprint density at radius 2 is 1.64 bits per heavy atom. The normalized spacial score (nSPS) is 16.7. The van der Waals surface area contributed by atoms with Crippen LogP contribution in [0.15, 0.2) is 112 Å². The van der Waals surface area contributed by atoms with Crippen LogP contribution in [-0.2, 0) is 16.1 Å². The van der Waals surface area contributed by atoms with Crippen LogP contribution in [0, 0.1) is 0 Å². The SMILES string of the molecule is CC1=C(C(=O)Nc2ccccc2)[C@H](c2ccccc2)n2c(s/c(=C/c3cn(CC(=O)N4CCCC4)c4ccccc34)c2=O)=N1. The third-order valence-electron chi connectivity index (χ3n) is 8.28. The predicted molar refractivity (Wildman–Crippen MR) is 173 cm³/mol. The zero-order chi connectivity index (χ0) is 30.2. The first-order valence-electron chi connectivity index (χ1n) is 14.8. The molecule has 44 heavy (non-hydrogen) atoms. The zero-order valence-electron chi connectivity index (χ0n) is 24.3. The van der Waals surface area contributed by atoms with Crippen molar-refractivity contribution in [2.75, 3.05) is 18.4 Å². The Bertz CT molecular complexity index is 2100. The van der Waals surface area contributed by atoms with Crippen molar-refractivity contribution in [3.63, 3.8) is 0 Å². The number of benzene rings is 3. The number of thiazole rings is 1. The van der Waals surface area contributed by atoms with Gasteiger partial charge in [0.25, 0.3) is 11.5 Å². The molecule has 8 nitrogen and oxygen atoms in total. The summed E-state index contributed by atoms with van der Waals surface area (Å²) in [6.07, 6.45) is 5.93. The molecule has 2 aliphatic heterocycles. The Labute approximate surface area is 257 Å². The largest absolute Gasteiger partial charge is 0.341 e. The highest BCUT2D eigenvalue weighted by Gasteiger charge is 2.32. The number of rotatable bonds is 6. The van der Waals surface area contributed by atoms with Crippen LogP contribution < -0.4 is 20.2 Å². The summed E-state index contributed by atoms with van der Waals surface area (Å²) in [6, 6.07) is 26.2. The van der Waals surface area contributed by atoms with Gasteiger partial charge in [-0.2, -0.15) is 0 Å². The second-order valence-corrected chi connectivity index (χ2v) is 12.1. The van der Waals surface area contributed by atoms with Crippen molar-refractivity contribution in [3.05, 3.63) is 133 Å². The maximum atomic E-state index is 14.2. The number of amides is 2. The molecule has 0 radical (unpaired) electrons. The van der Waals surface area contributed by atoms with Crippen molar-refractivity contribution in [1.82, 2.24) is 14.0 Å². The summed E-state index contributed by atoms with van der Waals surface area (Å²) >= 11 is 1.31. The number of fused-ring (bicyclic) bond motifs is 2. The molecule has 1 fully saturated rings. The molecule has 0 bridgehead atoms. The maximum absolute atomic E-state index is 14.2. The predicted octanol–water partition coefficient (Wildman–Crippen LogP) is 4.45. The van der Waals surface area contributed by atoms with Crippen molar-refractivity contribution in [1.29, 1.82) is 0 Å². The highest BCUT2D eigenvalue weighted by Crippen LogP contribution is 2.31. The van der Waals surface area contributed by atoms with Gasteiger partial charge in [0.1, 0.15) is 6.54 Å². The first kappa shape index (κ1) is 27.8. The topological polar surface area (TPSA) is 88.7 Å². The van der Waals surface area contributed by atoms with Gasteiger partial charge in [0.15, 0.2) is 4.80 Å². The lowest BCUT2D eigenvalue weighted by Crippen LogP contribution is -2.40. The highest BCUT2D eigenvalue weighted by atomic mass is 32.1. The number of hydrogen-bond donors (Lipinski definition) is 1. The summed E-state index contributed by atoms with van der Waals surface area (Å²) < 4.78 is 4.12. The molecule has 2 amide bonds. The number of carbonyl (C=O) groups excluding carboxylic acids is 2. The summed E-state index contributed by atoms with van der Waals surface area (Å²) in [5.41, 5.74) is 4.07. The van der Waals surface area contributed by atoms with E-state index in [1.807, 2.05) is 114 Å². The van der Waals surface area contributed by atoms with Gasteiger partial charge in [0.05, 0.1) is 21.8 Å². The van der Waals surface area contributed by atoms with Gasteiger partial charge in [-0.05, 0) is 49.6 Å². The molecule has 0 unspecified atom stereocenters. The summed E-state index contributed by atoms with van der Waals surface area (Å²) in [5, 5.41) is 3.95. The van der Waals surface area contributed by atoms with Crippen LogP contribution in [0.25, 0.3) is 17.0 Å². The number of anilines is 1. The second-order valence-electron chi connectivity index (χ2n) is 11.1. The first-order valence-corrected chi connectivity index (χ1v) is 15.6. The molecule has 0 spiro atoms. The molecule has 2 aliphatic rings. The lowest BCUT2D eigenvalue weighted by molar-refractivity contribution is -0.130. The quantitative estimate of drug-likeness (QED) is 0.312. The number of carbonyl (C=O) groups is 2. The molecule has 9 heteroatoms. The van der Waals surface area contributed by atoms with Crippen LogP contribution in [0.2, 0.25) is 0 Å². The minimum atomic E-state index is -0.641. The van der Waals surface area contributed by atoms with Crippen LogP contribution in [0.4, 0.5) is 5.69 Å². The van der Waals surface area contributed by atoms with Gasteiger partial charge in [0, 0.05) is 41.4 Å². The minimum Gasteiger partial charge on any atom is -0.341 e. The lowest BCUT2D eigenvalue weighted by Gasteiger charge is -2.25. The molecule has 1 atom stereocenters. The second kappa shape index (κ2) is 11.6. The van der Waals surface area contributed by atoms with E-state index in [9.17, 15) is 14.4 Å². The molecular formula is C35H31N5O3S. The fourth-order valence-electron chi connectivity index (χ4n) is 6.16. The van der Waals surface area contributed by atoms with Crippen molar-refractivity contribution >= 4 is 45.8 Å². The average Bonchev–Trinajstić information content (AvgIpc) is 3.77. The van der Waals surface area contributed by atoms with E-state index in [1.165, 1.54) is 11.3 Å². The monoisotopic (exact) mass is 601 g/mol. The Morgan fingerprint density at radius 1 is 0.955 bits per heavy atom. The lowest BCUT2D eigenvalue weighted by atomic mass is 9.95. The van der Waals surface area contributed by atoms with Gasteiger partial charge in [0.2, 0.25) is 5.91 Å². The number of aromatic nitrogens is 2. The third kappa shape index (κ3) is 5.09. The Morgan fingerprint density at radius 3 is 2.39 bits per heavy atom. The smallest absolute Gasteiger partial charge is 0.271 e. The summed E-state index contributed by atoms with van der Waals surface area (Å²) in [6.45, 7) is 3.68. The van der Waals surface area contributed by atoms with E-state index in [1.54, 1.807) is 4.57 Å². The summed E-state index contributed by atoms with van der Waals surface area (Å²) in [7, 11) is 0. The molecule has 5 aromatic rings. The van der Waals surface area contributed by atoms with Gasteiger partial charge in [-0.25, -0.2) is 4.99 Å². The molecule has 0 aliphatic carbocycles. The van der Waals surface area contributed by atoms with Crippen LogP contribution in [-0.4, -0.2) is 38.9 Å². The molecular weight excluding hydrogens is 570 g/mol. The molecule has 3 aromatic carbocycles. The number of likely N-dealkylation sites (tertiary alicyclic amines) is 1. The van der Waals surface area contributed by atoms with Gasteiger partial charge >= 0.3 is 0 Å². The minimum absolute atomic E-state index is 0.105. The molecule has 0 saturated carbocycles. The van der Waals surface area contributed by atoms with Gasteiger partial charge in [-0.1, -0.05) is 78.1 Å². The molecule has 220 valence electrons. The van der Waals surface area contributed by atoms with Gasteiger partial charge in [-0.3, -0.25) is 19.0 Å². The summed E-state index contributed by atoms with van der Waals surface area (Å²) in [5.74, 6) is -0.194. The third-order valence-corrected chi connectivity index (χ3v) is 9.27. The number of nitrogens with zero attached hydrogens (tertiary/aromatic N) is 4. The van der Waals surface area contributed by atoms with Crippen molar-refractivity contribution < 1.29 is 9.59 Å². The van der Waals surface area contributed by atoms with Gasteiger partial charge in [-0.15, -0.1) is 0 Å². The van der Waals surface area contributed by atoms with Gasteiger partial charge < -0.3 is 14.8 Å². The van der Waals surface area contributed by atoms with E-state index in [4.69, 9.17) is 4.99 Å². The Balaban J connectivity index is 1.32. The summed E-state index contributed by atoms with van der Waals surface area (Å²) in [4.78, 5) is 48.2. The van der Waals surface area contributed by atoms with Crippen LogP contribution in [0.5, 0.6) is 0 Å². The maximum Gasteiger partial charge on any atom is 0.271 e. The molecule has 4 heterocycles. The van der Waals surface area contributed by atoms with E-state index >= 15 is 0 Å². The average molecular weight is 602 g/mol. The van der Waals surface area contributed by atoms with E-state index in [0.717, 1.165) is 48.0 Å². The van der Waals surface area contributed by atoms with Crippen LogP contribution in [0.3, 0.4) is 0 Å². The Hall–Kier alpha value is -5.02. The van der Waals surface area contributed by atoms with Crippen LogP contribution >= 0.6 is 11.3 Å². The fraction of sp³-hybridized carbons (Fsp3) is 0.200. The standard InChI is InChI=1S/C35H31N5O3S/c1-23-31(33(42)37-26-14-6-3-7-15-26)32(24-12-4-2-5-13-24)40-34(43)29(44-35(40)36-23)20-25-21-39(28-17-9-8-16-27(25)28)22-30(41)38-18-10-11-19-38/h2-9,12-17,20-21,32H,10-11,18-19,22H2,1H3,(H,37,42)/b29-20+/t32-/m0/s1. The number of para-hydroxylation sites is 2. The number of nitrogens with one attached hydrogen (secondary N) is 1. The van der Waals surface area contributed by atoms with E-state index in [2.05, 4.69) is 5.32 Å². The van der Waals surface area contributed by atoms with Crippen molar-refractivity contribution in [2.24, 2.45) is 4.99 Å². The molecule has 2 aromatic heterocycles. The van der Waals surface area contributed by atoms with Crippen molar-refractivity contribution in [3.8, 4) is 0 Å². The van der Waals surface area contributed by atoms with Crippen LogP contribution in [0.1, 0.15) is 36.9 Å². The van der Waals surface area contributed by atoms with E-state index < -0.39 is 6.04 Å². The molecule has 7 rings (SSSR count). The van der Waals surface area contributed by atoms with E-state index in [0.29, 0.717) is 26.3 Å². The Kier molecular flexibility index (Phi) is 7.31. The molecule has 1 saturated heterocycles. The highest BCUT2D eigenvalue weighted by molar-refractivity contribution is 7.07.